The van der Waals surface area contributed by atoms with E-state index in [4.69, 9.17) is 19.9 Å². The molecule has 0 aromatic rings. The molecule has 0 aliphatic heterocycles. The molecule has 0 aliphatic carbocycles. The second-order valence-electron chi connectivity index (χ2n) is 4.21. The molecule has 17 heavy (non-hydrogen) atoms. The molecule has 0 aromatic heterocycles. The Morgan fingerprint density at radius 2 is 1.71 bits per heavy atom. The summed E-state index contributed by atoms with van der Waals surface area (Å²) in [5, 5.41) is 0. The number of carbonyl (C=O) groups excluding carboxylic acids is 1. The van der Waals surface area contributed by atoms with Crippen LogP contribution in [0.25, 0.3) is 0 Å². The highest BCUT2D eigenvalue weighted by molar-refractivity contribution is 5.75. The van der Waals surface area contributed by atoms with Crippen LogP contribution < -0.4 is 5.73 Å². The van der Waals surface area contributed by atoms with Crippen LogP contribution in [0, 0.1) is 5.92 Å². The average Bonchev–Trinajstić information content (AvgIpc) is 2.26. The Morgan fingerprint density at radius 3 is 2.29 bits per heavy atom. The summed E-state index contributed by atoms with van der Waals surface area (Å²) in [5.74, 6) is 0.0344. The van der Waals surface area contributed by atoms with E-state index >= 15 is 0 Å². The van der Waals surface area contributed by atoms with Crippen molar-refractivity contribution in [1.82, 2.24) is 0 Å². The SMILES string of the molecule is CCOCCOCCOC(=O)[C@@H](N)CC(C)C. The van der Waals surface area contributed by atoms with E-state index in [9.17, 15) is 4.79 Å². The Hall–Kier alpha value is -0.650. The first kappa shape index (κ1) is 16.4. The normalized spacial score (nSPS) is 12.8. The van der Waals surface area contributed by atoms with Crippen molar-refractivity contribution in [3.05, 3.63) is 0 Å². The first-order valence-electron chi connectivity index (χ1n) is 6.15. The van der Waals surface area contributed by atoms with Crippen LogP contribution in [0.1, 0.15) is 27.2 Å². The van der Waals surface area contributed by atoms with Gasteiger partial charge in [-0.25, -0.2) is 0 Å². The maximum absolute atomic E-state index is 11.4. The molecule has 102 valence electrons. The number of nitrogens with two attached hydrogens (primary N) is 1. The molecule has 1 atom stereocenters. The molecule has 0 unspecified atom stereocenters. The van der Waals surface area contributed by atoms with Gasteiger partial charge in [-0.1, -0.05) is 13.8 Å². The molecule has 0 amide bonds. The number of esters is 1. The van der Waals surface area contributed by atoms with Crippen molar-refractivity contribution in [1.29, 1.82) is 0 Å². The van der Waals surface area contributed by atoms with Gasteiger partial charge in [-0.3, -0.25) is 4.79 Å². The van der Waals surface area contributed by atoms with E-state index < -0.39 is 6.04 Å². The molecule has 0 radical (unpaired) electrons. The number of hydrogen-bond acceptors (Lipinski definition) is 5. The molecular weight excluding hydrogens is 222 g/mol. The summed E-state index contributed by atoms with van der Waals surface area (Å²) in [6, 6.07) is -0.529. The third kappa shape index (κ3) is 10.2. The number of carbonyl (C=O) groups is 1. The van der Waals surface area contributed by atoms with E-state index in [0.717, 1.165) is 0 Å². The predicted molar refractivity (Wildman–Crippen MR) is 65.7 cm³/mol. The predicted octanol–water partition coefficient (Wildman–Crippen LogP) is 0.956. The van der Waals surface area contributed by atoms with Crippen LogP contribution in [0.15, 0.2) is 0 Å². The van der Waals surface area contributed by atoms with Gasteiger partial charge in [0, 0.05) is 6.61 Å². The van der Waals surface area contributed by atoms with Crippen molar-refractivity contribution >= 4 is 5.97 Å². The maximum atomic E-state index is 11.4. The van der Waals surface area contributed by atoms with Crippen LogP contribution in [0.3, 0.4) is 0 Å². The largest absolute Gasteiger partial charge is 0.462 e. The minimum Gasteiger partial charge on any atom is -0.462 e. The summed E-state index contributed by atoms with van der Waals surface area (Å²) in [6.07, 6.45) is 0.643. The van der Waals surface area contributed by atoms with Gasteiger partial charge in [0.15, 0.2) is 0 Å². The van der Waals surface area contributed by atoms with Crippen LogP contribution in [0.5, 0.6) is 0 Å². The zero-order chi connectivity index (χ0) is 13.1. The summed E-state index contributed by atoms with van der Waals surface area (Å²) in [5.41, 5.74) is 5.66. The molecule has 0 saturated carbocycles. The first-order valence-corrected chi connectivity index (χ1v) is 6.15. The summed E-state index contributed by atoms with van der Waals surface area (Å²) in [4.78, 5) is 11.4. The average molecular weight is 247 g/mol. The van der Waals surface area contributed by atoms with Crippen molar-refractivity contribution in [3.8, 4) is 0 Å². The molecule has 0 saturated heterocycles. The van der Waals surface area contributed by atoms with Crippen LogP contribution in [-0.4, -0.2) is 45.0 Å². The molecule has 0 bridgehead atoms. The molecule has 5 heteroatoms. The van der Waals surface area contributed by atoms with Gasteiger partial charge >= 0.3 is 5.97 Å². The van der Waals surface area contributed by atoms with Crippen molar-refractivity contribution in [2.24, 2.45) is 11.7 Å². The van der Waals surface area contributed by atoms with Gasteiger partial charge < -0.3 is 19.9 Å². The van der Waals surface area contributed by atoms with Crippen molar-refractivity contribution < 1.29 is 19.0 Å². The smallest absolute Gasteiger partial charge is 0.322 e. The summed E-state index contributed by atoms with van der Waals surface area (Å²) >= 11 is 0. The highest BCUT2D eigenvalue weighted by atomic mass is 16.6. The first-order chi connectivity index (χ1) is 8.07. The molecule has 0 fully saturated rings. The summed E-state index contributed by atoms with van der Waals surface area (Å²) in [6.45, 7) is 8.36. The van der Waals surface area contributed by atoms with Crippen LogP contribution >= 0.6 is 0 Å². The van der Waals surface area contributed by atoms with E-state index in [-0.39, 0.29) is 12.6 Å². The van der Waals surface area contributed by atoms with Crippen LogP contribution in [-0.2, 0) is 19.0 Å². The van der Waals surface area contributed by atoms with Gasteiger partial charge in [-0.05, 0) is 19.3 Å². The van der Waals surface area contributed by atoms with Crippen molar-refractivity contribution in [3.63, 3.8) is 0 Å². The van der Waals surface area contributed by atoms with Gasteiger partial charge in [-0.15, -0.1) is 0 Å². The summed E-state index contributed by atoms with van der Waals surface area (Å²) < 4.78 is 15.3. The number of ether oxygens (including phenoxy) is 3. The fourth-order valence-electron chi connectivity index (χ4n) is 1.28. The maximum Gasteiger partial charge on any atom is 0.322 e. The Bertz CT molecular complexity index is 197. The minimum atomic E-state index is -0.529. The van der Waals surface area contributed by atoms with E-state index in [0.29, 0.717) is 38.8 Å². The number of rotatable bonds is 10. The zero-order valence-corrected chi connectivity index (χ0v) is 11.1. The Labute approximate surface area is 104 Å². The second-order valence-corrected chi connectivity index (χ2v) is 4.21. The van der Waals surface area contributed by atoms with Crippen molar-refractivity contribution in [2.45, 2.75) is 33.2 Å². The highest BCUT2D eigenvalue weighted by Crippen LogP contribution is 2.03. The van der Waals surface area contributed by atoms with Gasteiger partial charge in [0.25, 0.3) is 0 Å². The lowest BCUT2D eigenvalue weighted by molar-refractivity contribution is -0.147. The fourth-order valence-corrected chi connectivity index (χ4v) is 1.28. The van der Waals surface area contributed by atoms with Crippen LogP contribution in [0.4, 0.5) is 0 Å². The third-order valence-corrected chi connectivity index (χ3v) is 2.08. The highest BCUT2D eigenvalue weighted by Gasteiger charge is 2.15. The molecule has 0 rings (SSSR count). The molecule has 0 aliphatic rings. The lowest BCUT2D eigenvalue weighted by Crippen LogP contribution is -2.34. The van der Waals surface area contributed by atoms with Crippen molar-refractivity contribution in [2.75, 3.05) is 33.0 Å². The Balaban J connectivity index is 3.38. The monoisotopic (exact) mass is 247 g/mol. The van der Waals surface area contributed by atoms with Gasteiger partial charge in [0.05, 0.1) is 19.8 Å². The molecule has 0 heterocycles. The van der Waals surface area contributed by atoms with E-state index in [1.165, 1.54) is 0 Å². The van der Waals surface area contributed by atoms with Gasteiger partial charge in [0.2, 0.25) is 0 Å². The van der Waals surface area contributed by atoms with Gasteiger partial charge in [-0.2, -0.15) is 0 Å². The lowest BCUT2D eigenvalue weighted by Gasteiger charge is -2.13. The quantitative estimate of drug-likeness (QED) is 0.460. The third-order valence-electron chi connectivity index (χ3n) is 2.08. The molecule has 2 N–H and O–H groups in total. The van der Waals surface area contributed by atoms with E-state index in [1.54, 1.807) is 0 Å². The molecule has 0 aromatic carbocycles. The Kier molecular flexibility index (Phi) is 10.1. The fraction of sp³-hybridized carbons (Fsp3) is 0.917. The van der Waals surface area contributed by atoms with E-state index in [2.05, 4.69) is 0 Å². The second kappa shape index (κ2) is 10.5. The molecule has 0 spiro atoms. The Morgan fingerprint density at radius 1 is 1.12 bits per heavy atom. The van der Waals surface area contributed by atoms with E-state index in [1.807, 2.05) is 20.8 Å². The minimum absolute atomic E-state index is 0.247. The topological polar surface area (TPSA) is 70.8 Å². The molecule has 5 nitrogen and oxygen atoms in total. The number of hydrogen-bond donors (Lipinski definition) is 1. The van der Waals surface area contributed by atoms with Crippen LogP contribution in [0.2, 0.25) is 0 Å². The lowest BCUT2D eigenvalue weighted by atomic mass is 10.1. The summed E-state index contributed by atoms with van der Waals surface area (Å²) in [7, 11) is 0. The standard InChI is InChI=1S/C12H25NO4/c1-4-15-5-6-16-7-8-17-12(14)11(13)9-10(2)3/h10-11H,4-9,13H2,1-3H3/t11-/m0/s1. The molecular formula is C12H25NO4. The zero-order valence-electron chi connectivity index (χ0n) is 11.1. The van der Waals surface area contributed by atoms with Gasteiger partial charge in [0.1, 0.15) is 12.6 Å².